The Morgan fingerprint density at radius 3 is 2.60 bits per heavy atom. The number of carbonyl (C=O) groups is 1. The Bertz CT molecular complexity index is 660. The average molecular weight is 360 g/mol. The number of aromatic hydroxyl groups is 1. The van der Waals surface area contributed by atoms with E-state index < -0.39 is 9.76 Å². The molecule has 0 aliphatic heterocycles. The van der Waals surface area contributed by atoms with Crippen molar-refractivity contribution < 1.29 is 23.8 Å². The molecule has 134 valence electrons. The molecule has 0 aliphatic rings. The quantitative estimate of drug-likeness (QED) is 0.379. The fourth-order valence-electron chi connectivity index (χ4n) is 2.28. The number of phenols is 1. The van der Waals surface area contributed by atoms with E-state index in [0.717, 1.165) is 12.5 Å². The first kappa shape index (κ1) is 19.2. The van der Waals surface area contributed by atoms with Gasteiger partial charge < -0.3 is 19.0 Å². The molecule has 0 aromatic heterocycles. The molecule has 0 spiro atoms. The molecular weight excluding hydrogens is 336 g/mol. The fraction of sp³-hybridized carbons (Fsp3) is 0.316. The second-order valence-corrected chi connectivity index (χ2v) is 7.06. The van der Waals surface area contributed by atoms with Gasteiger partial charge in [-0.2, -0.15) is 0 Å². The van der Waals surface area contributed by atoms with Crippen LogP contribution in [0.15, 0.2) is 48.5 Å². The van der Waals surface area contributed by atoms with Crippen LogP contribution in [0, 0.1) is 0 Å². The van der Waals surface area contributed by atoms with Crippen molar-refractivity contribution in [3.05, 3.63) is 59.7 Å². The van der Waals surface area contributed by atoms with Gasteiger partial charge in [-0.1, -0.05) is 30.3 Å². The van der Waals surface area contributed by atoms with Gasteiger partial charge >= 0.3 is 0 Å². The zero-order valence-electron chi connectivity index (χ0n) is 14.4. The van der Waals surface area contributed by atoms with Crippen LogP contribution in [0.25, 0.3) is 0 Å². The van der Waals surface area contributed by atoms with Gasteiger partial charge in [0.15, 0.2) is 15.5 Å². The summed E-state index contributed by atoms with van der Waals surface area (Å²) in [5.74, 6) is 0.288. The van der Waals surface area contributed by atoms with E-state index in [1.165, 1.54) is 6.07 Å². The summed E-state index contributed by atoms with van der Waals surface area (Å²) in [5, 5.41) is 10.1. The summed E-state index contributed by atoms with van der Waals surface area (Å²) in [7, 11) is 1.14. The largest absolute Gasteiger partial charge is 0.507 e. The van der Waals surface area contributed by atoms with Crippen molar-refractivity contribution in [3.63, 3.8) is 0 Å². The number of phenolic OH excluding ortho intramolecular Hbond substituents is 1. The van der Waals surface area contributed by atoms with Gasteiger partial charge in [0.25, 0.3) is 0 Å². The molecule has 1 N–H and O–H groups in total. The second-order valence-electron chi connectivity index (χ2n) is 5.53. The summed E-state index contributed by atoms with van der Waals surface area (Å²) >= 11 is 0. The first-order chi connectivity index (χ1) is 12.2. The third-order valence-corrected chi connectivity index (χ3v) is 5.00. The van der Waals surface area contributed by atoms with E-state index in [1.807, 2.05) is 6.07 Å². The van der Waals surface area contributed by atoms with Crippen molar-refractivity contribution in [2.75, 3.05) is 26.9 Å². The molecule has 0 amide bonds. The number of ether oxygens (including phenoxy) is 2. The van der Waals surface area contributed by atoms with Crippen molar-refractivity contribution in [1.82, 2.24) is 0 Å². The lowest BCUT2D eigenvalue weighted by Gasteiger charge is -2.09. The van der Waals surface area contributed by atoms with E-state index >= 15 is 0 Å². The van der Waals surface area contributed by atoms with E-state index in [2.05, 4.69) is 0 Å². The zero-order chi connectivity index (χ0) is 17.9. The van der Waals surface area contributed by atoms with Crippen LogP contribution in [0.4, 0.5) is 0 Å². The lowest BCUT2D eigenvalue weighted by molar-refractivity contribution is 0.103. The summed E-state index contributed by atoms with van der Waals surface area (Å²) in [5.41, 5.74) is 0.822. The Hall–Kier alpha value is -2.15. The SMILES string of the molecule is COCCO[SiH2]CCCOc1ccc(C(=O)c2ccccc2)c(O)c1. The number of ketones is 1. The molecule has 6 heteroatoms. The van der Waals surface area contributed by atoms with E-state index in [0.29, 0.717) is 31.1 Å². The summed E-state index contributed by atoms with van der Waals surface area (Å²) in [4.78, 5) is 12.4. The van der Waals surface area contributed by atoms with Crippen LogP contribution in [0.1, 0.15) is 22.3 Å². The second kappa shape index (κ2) is 10.7. The molecular formula is C19H24O5Si. The van der Waals surface area contributed by atoms with Gasteiger partial charge in [0, 0.05) is 18.7 Å². The van der Waals surface area contributed by atoms with Crippen LogP contribution in [0.3, 0.4) is 0 Å². The summed E-state index contributed by atoms with van der Waals surface area (Å²) in [6.07, 6.45) is 0.907. The Balaban J connectivity index is 1.79. The minimum Gasteiger partial charge on any atom is -0.507 e. The highest BCUT2D eigenvalue weighted by Gasteiger charge is 2.13. The normalized spacial score (nSPS) is 11.1. The minimum atomic E-state index is -0.518. The number of carbonyl (C=O) groups excluding carboxylic acids is 1. The van der Waals surface area contributed by atoms with Crippen LogP contribution in [-0.4, -0.2) is 47.6 Å². The molecule has 0 saturated heterocycles. The maximum atomic E-state index is 12.4. The number of rotatable bonds is 11. The maximum absolute atomic E-state index is 12.4. The Morgan fingerprint density at radius 2 is 1.88 bits per heavy atom. The predicted octanol–water partition coefficient (Wildman–Crippen LogP) is 2.56. The van der Waals surface area contributed by atoms with Gasteiger partial charge in [0.05, 0.1) is 25.4 Å². The van der Waals surface area contributed by atoms with Gasteiger partial charge in [0.2, 0.25) is 0 Å². The summed E-state index contributed by atoms with van der Waals surface area (Å²) < 4.78 is 16.1. The van der Waals surface area contributed by atoms with Crippen LogP contribution < -0.4 is 4.74 Å². The third-order valence-electron chi connectivity index (χ3n) is 3.63. The topological polar surface area (TPSA) is 65.0 Å². The van der Waals surface area contributed by atoms with Crippen LogP contribution in [-0.2, 0) is 9.16 Å². The van der Waals surface area contributed by atoms with Crippen molar-refractivity contribution in [2.24, 2.45) is 0 Å². The third kappa shape index (κ3) is 6.34. The standard InChI is InChI=1S/C19H24O5Si/c1-22-11-12-24-25-13-5-10-23-16-8-9-17(18(20)14-16)19(21)15-6-3-2-4-7-15/h2-4,6-9,14,20H,5,10-13,25H2,1H3. The number of benzene rings is 2. The van der Waals surface area contributed by atoms with Crippen molar-refractivity contribution in [3.8, 4) is 11.5 Å². The molecule has 0 atom stereocenters. The van der Waals surface area contributed by atoms with Gasteiger partial charge in [-0.25, -0.2) is 0 Å². The maximum Gasteiger partial charge on any atom is 0.196 e. The lowest BCUT2D eigenvalue weighted by Crippen LogP contribution is -2.07. The van der Waals surface area contributed by atoms with Gasteiger partial charge in [-0.05, 0) is 24.6 Å². The average Bonchev–Trinajstić information content (AvgIpc) is 2.64. The summed E-state index contributed by atoms with van der Waals surface area (Å²) in [6.45, 7) is 1.86. The molecule has 0 bridgehead atoms. The van der Waals surface area contributed by atoms with E-state index in [9.17, 15) is 9.90 Å². The number of hydrogen-bond acceptors (Lipinski definition) is 5. The molecule has 2 aromatic rings. The fourth-order valence-corrected chi connectivity index (χ4v) is 3.21. The van der Waals surface area contributed by atoms with Crippen molar-refractivity contribution in [2.45, 2.75) is 12.5 Å². The molecule has 25 heavy (non-hydrogen) atoms. The van der Waals surface area contributed by atoms with Gasteiger partial charge in [0.1, 0.15) is 11.5 Å². The number of hydrogen-bond donors (Lipinski definition) is 1. The molecule has 2 rings (SSSR count). The monoisotopic (exact) mass is 360 g/mol. The Morgan fingerprint density at radius 1 is 1.08 bits per heavy atom. The van der Waals surface area contributed by atoms with Crippen LogP contribution in [0.2, 0.25) is 6.04 Å². The Kier molecular flexibility index (Phi) is 8.17. The van der Waals surface area contributed by atoms with Crippen molar-refractivity contribution in [1.29, 1.82) is 0 Å². The first-order valence-electron chi connectivity index (χ1n) is 8.34. The summed E-state index contributed by atoms with van der Waals surface area (Å²) in [6, 6.07) is 14.7. The molecule has 0 unspecified atom stereocenters. The zero-order valence-corrected chi connectivity index (χ0v) is 15.9. The van der Waals surface area contributed by atoms with Crippen molar-refractivity contribution >= 4 is 15.5 Å². The molecule has 5 nitrogen and oxygen atoms in total. The Labute approximate surface area is 150 Å². The van der Waals surface area contributed by atoms with Gasteiger partial charge in [-0.3, -0.25) is 4.79 Å². The molecule has 0 saturated carbocycles. The van der Waals surface area contributed by atoms with E-state index in [-0.39, 0.29) is 17.1 Å². The highest BCUT2D eigenvalue weighted by Crippen LogP contribution is 2.26. The lowest BCUT2D eigenvalue weighted by atomic mass is 10.0. The minimum absolute atomic E-state index is 0.0661. The molecule has 0 radical (unpaired) electrons. The van der Waals surface area contributed by atoms with E-state index in [1.54, 1.807) is 43.5 Å². The molecule has 0 aliphatic carbocycles. The predicted molar refractivity (Wildman–Crippen MR) is 99.3 cm³/mol. The highest BCUT2D eigenvalue weighted by atomic mass is 28.2. The molecule has 0 fully saturated rings. The highest BCUT2D eigenvalue weighted by molar-refractivity contribution is 6.26. The van der Waals surface area contributed by atoms with E-state index in [4.69, 9.17) is 13.9 Å². The first-order valence-corrected chi connectivity index (χ1v) is 9.92. The van der Waals surface area contributed by atoms with Crippen LogP contribution >= 0.6 is 0 Å². The smallest absolute Gasteiger partial charge is 0.196 e. The van der Waals surface area contributed by atoms with Crippen LogP contribution in [0.5, 0.6) is 11.5 Å². The molecule has 2 aromatic carbocycles. The van der Waals surface area contributed by atoms with Gasteiger partial charge in [-0.15, -0.1) is 0 Å². The molecule has 0 heterocycles. The number of methoxy groups -OCH3 is 1.